The molecule has 0 bridgehead atoms. The van der Waals surface area contributed by atoms with E-state index >= 15 is 0 Å². The van der Waals surface area contributed by atoms with Gasteiger partial charge in [-0.15, -0.1) is 7.92 Å². The first-order valence-corrected chi connectivity index (χ1v) is 10.8. The normalized spacial score (nSPS) is 33.3. The van der Waals surface area contributed by atoms with Crippen LogP contribution in [0.3, 0.4) is 0 Å². The van der Waals surface area contributed by atoms with Crippen LogP contribution in [-0.4, -0.2) is 17.5 Å². The summed E-state index contributed by atoms with van der Waals surface area (Å²) in [5.41, 5.74) is 2.21. The van der Waals surface area contributed by atoms with E-state index < -0.39 is 0 Å². The molecule has 2 fully saturated rings. The molecule has 0 spiro atoms. The zero-order chi connectivity index (χ0) is 13.3. The van der Waals surface area contributed by atoms with Crippen molar-refractivity contribution in [2.45, 2.75) is 108 Å². The third-order valence-corrected chi connectivity index (χ3v) is 9.08. The smallest absolute Gasteiger partial charge is 0.0207 e. The molecular formula is C18H35P. The van der Waals surface area contributed by atoms with E-state index in [2.05, 4.69) is 6.92 Å². The van der Waals surface area contributed by atoms with Crippen LogP contribution >= 0.6 is 7.92 Å². The fraction of sp³-hybridized carbons (Fsp3) is 1.00. The molecule has 0 nitrogen and oxygen atoms in total. The molecule has 2 rings (SSSR count). The number of hydrogen-bond donors (Lipinski definition) is 0. The van der Waals surface area contributed by atoms with Crippen molar-refractivity contribution in [2.24, 2.45) is 0 Å². The second-order valence-corrected chi connectivity index (χ2v) is 10.1. The number of rotatable bonds is 1. The molecule has 2 unspecified atom stereocenters. The van der Waals surface area contributed by atoms with Gasteiger partial charge < -0.3 is 0 Å². The van der Waals surface area contributed by atoms with E-state index in [9.17, 15) is 0 Å². The highest BCUT2D eigenvalue weighted by molar-refractivity contribution is 7.59. The minimum absolute atomic E-state index is 0.347. The molecule has 0 aromatic carbocycles. The van der Waals surface area contributed by atoms with Gasteiger partial charge in [-0.3, -0.25) is 0 Å². The van der Waals surface area contributed by atoms with Crippen molar-refractivity contribution in [1.82, 2.24) is 0 Å². The lowest BCUT2D eigenvalue weighted by Gasteiger charge is -2.33. The van der Waals surface area contributed by atoms with Crippen molar-refractivity contribution in [1.29, 1.82) is 0 Å². The van der Waals surface area contributed by atoms with Gasteiger partial charge in [0.1, 0.15) is 0 Å². The lowest BCUT2D eigenvalue weighted by atomic mass is 10.1. The average Bonchev–Trinajstić information content (AvgIpc) is 2.60. The second kappa shape index (κ2) is 9.38. The lowest BCUT2D eigenvalue weighted by Crippen LogP contribution is -2.15. The Labute approximate surface area is 122 Å². The minimum atomic E-state index is 0.347. The molecule has 0 aromatic heterocycles. The third kappa shape index (κ3) is 5.74. The van der Waals surface area contributed by atoms with Crippen LogP contribution in [0, 0.1) is 0 Å². The topological polar surface area (TPSA) is 0 Å². The fourth-order valence-electron chi connectivity index (χ4n) is 4.14. The molecule has 0 N–H and O–H groups in total. The Bertz CT molecular complexity index is 216. The highest BCUT2D eigenvalue weighted by Gasteiger charge is 2.26. The van der Waals surface area contributed by atoms with Crippen LogP contribution in [0.2, 0.25) is 0 Å². The molecule has 19 heavy (non-hydrogen) atoms. The van der Waals surface area contributed by atoms with Crippen LogP contribution in [-0.2, 0) is 0 Å². The largest absolute Gasteiger partial charge is 0.101 e. The van der Waals surface area contributed by atoms with E-state index in [-0.39, 0.29) is 0 Å². The summed E-state index contributed by atoms with van der Waals surface area (Å²) in [6.45, 7) is 2.60. The fourth-order valence-corrected chi connectivity index (χ4v) is 7.79. The van der Waals surface area contributed by atoms with Crippen LogP contribution in [0.1, 0.15) is 96.8 Å². The first kappa shape index (κ1) is 15.8. The van der Waals surface area contributed by atoms with Crippen LogP contribution in [0.5, 0.6) is 0 Å². The Hall–Kier alpha value is 0.430. The Kier molecular flexibility index (Phi) is 7.81. The Balaban J connectivity index is 1.92. The van der Waals surface area contributed by atoms with Crippen LogP contribution in [0.4, 0.5) is 0 Å². The quantitative estimate of drug-likeness (QED) is 0.469. The molecule has 0 aromatic rings. The summed E-state index contributed by atoms with van der Waals surface area (Å²) in [4.78, 5) is 0. The van der Waals surface area contributed by atoms with Crippen molar-refractivity contribution in [3.63, 3.8) is 0 Å². The van der Waals surface area contributed by atoms with Crippen molar-refractivity contribution in [2.75, 3.05) is 6.16 Å². The summed E-state index contributed by atoms with van der Waals surface area (Å²) < 4.78 is 0. The van der Waals surface area contributed by atoms with Gasteiger partial charge in [-0.2, -0.15) is 0 Å². The molecule has 2 aliphatic rings. The van der Waals surface area contributed by atoms with Gasteiger partial charge in [-0.1, -0.05) is 71.1 Å². The summed E-state index contributed by atoms with van der Waals surface area (Å²) in [5, 5.41) is 0. The first-order valence-electron chi connectivity index (χ1n) is 9.13. The zero-order valence-corrected chi connectivity index (χ0v) is 14.1. The summed E-state index contributed by atoms with van der Waals surface area (Å²) in [5.74, 6) is 0. The SMILES string of the molecule is CC1CCCCCCCP1C1CCCCCCCC1. The molecule has 1 aliphatic carbocycles. The monoisotopic (exact) mass is 282 g/mol. The maximum absolute atomic E-state index is 2.60. The Morgan fingerprint density at radius 1 is 0.579 bits per heavy atom. The molecular weight excluding hydrogens is 247 g/mol. The van der Waals surface area contributed by atoms with E-state index in [1.54, 1.807) is 31.8 Å². The van der Waals surface area contributed by atoms with E-state index in [4.69, 9.17) is 0 Å². The molecule has 0 amide bonds. The van der Waals surface area contributed by atoms with Crippen molar-refractivity contribution >= 4 is 7.92 Å². The molecule has 112 valence electrons. The van der Waals surface area contributed by atoms with Crippen LogP contribution in [0.25, 0.3) is 0 Å². The summed E-state index contributed by atoms with van der Waals surface area (Å²) in [6.07, 6.45) is 23.1. The maximum Gasteiger partial charge on any atom is -0.0207 e. The third-order valence-electron chi connectivity index (χ3n) is 5.40. The van der Waals surface area contributed by atoms with Gasteiger partial charge in [0.25, 0.3) is 0 Å². The summed E-state index contributed by atoms with van der Waals surface area (Å²) in [6, 6.07) is 0. The molecule has 1 saturated carbocycles. The van der Waals surface area contributed by atoms with Crippen LogP contribution < -0.4 is 0 Å². The average molecular weight is 282 g/mol. The van der Waals surface area contributed by atoms with Gasteiger partial charge in [0, 0.05) is 0 Å². The zero-order valence-electron chi connectivity index (χ0n) is 13.2. The van der Waals surface area contributed by atoms with Crippen molar-refractivity contribution in [3.05, 3.63) is 0 Å². The summed E-state index contributed by atoms with van der Waals surface area (Å²) >= 11 is 0. The van der Waals surface area contributed by atoms with Gasteiger partial charge in [-0.05, 0) is 43.2 Å². The predicted octanol–water partition coefficient (Wildman–Crippen LogP) is 6.71. The second-order valence-electron chi connectivity index (χ2n) is 7.00. The van der Waals surface area contributed by atoms with Gasteiger partial charge in [0.05, 0.1) is 0 Å². The van der Waals surface area contributed by atoms with Crippen molar-refractivity contribution < 1.29 is 0 Å². The maximum atomic E-state index is 2.60. The minimum Gasteiger partial charge on any atom is -0.101 e. The highest BCUT2D eigenvalue weighted by Crippen LogP contribution is 2.53. The molecule has 1 aliphatic heterocycles. The van der Waals surface area contributed by atoms with Crippen molar-refractivity contribution in [3.8, 4) is 0 Å². The van der Waals surface area contributed by atoms with E-state index in [0.29, 0.717) is 7.92 Å². The predicted molar refractivity (Wildman–Crippen MR) is 89.7 cm³/mol. The first-order chi connectivity index (χ1) is 9.38. The van der Waals surface area contributed by atoms with Gasteiger partial charge in [-0.25, -0.2) is 0 Å². The number of hydrogen-bond acceptors (Lipinski definition) is 0. The lowest BCUT2D eigenvalue weighted by molar-refractivity contribution is 0.611. The van der Waals surface area contributed by atoms with Gasteiger partial charge in [0.2, 0.25) is 0 Å². The van der Waals surface area contributed by atoms with Gasteiger partial charge >= 0.3 is 0 Å². The Morgan fingerprint density at radius 2 is 1.05 bits per heavy atom. The highest BCUT2D eigenvalue weighted by atomic mass is 31.1. The molecule has 0 radical (unpaired) electrons. The molecule has 2 atom stereocenters. The summed E-state index contributed by atoms with van der Waals surface area (Å²) in [7, 11) is 0.347. The standard InChI is InChI=1S/C18H35P/c1-17-13-9-5-4-8-12-16-19(17)18-14-10-6-2-3-7-11-15-18/h17-18H,2-16H2,1H3. The van der Waals surface area contributed by atoms with Crippen LogP contribution in [0.15, 0.2) is 0 Å². The van der Waals surface area contributed by atoms with E-state index in [1.807, 2.05) is 0 Å². The molecule has 1 heteroatoms. The molecule has 1 saturated heterocycles. The molecule has 1 heterocycles. The van der Waals surface area contributed by atoms with E-state index in [1.165, 1.54) is 64.2 Å². The van der Waals surface area contributed by atoms with E-state index in [0.717, 1.165) is 11.3 Å². The van der Waals surface area contributed by atoms with Gasteiger partial charge in [0.15, 0.2) is 0 Å². The Morgan fingerprint density at radius 3 is 1.68 bits per heavy atom.